The van der Waals surface area contributed by atoms with Crippen molar-refractivity contribution in [2.45, 2.75) is 67.1 Å². The minimum Gasteiger partial charge on any atom is -0.485 e. The molecule has 3 aromatic rings. The topological polar surface area (TPSA) is 47.9 Å². The van der Waals surface area contributed by atoms with E-state index in [-0.39, 0.29) is 23.2 Å². The summed E-state index contributed by atoms with van der Waals surface area (Å²) in [7, 11) is 0. The summed E-state index contributed by atoms with van der Waals surface area (Å²) < 4.78 is 6.77. The second-order valence-corrected chi connectivity index (χ2v) is 16.8. The van der Waals surface area contributed by atoms with Crippen LogP contribution in [-0.4, -0.2) is 26.3 Å². The zero-order chi connectivity index (χ0) is 39.6. The Bertz CT molecular complexity index is 2500. The van der Waals surface area contributed by atoms with E-state index in [0.29, 0.717) is 17.6 Å². The molecular weight excluding hydrogens is 727 g/mol. The highest BCUT2D eigenvalue weighted by molar-refractivity contribution is 8.01. The SMILES string of the molecule is C=C/C=C/CC(=C)C1CC=CC=C2c3cccc(-c4nc(C5=CC=CCC5)nc(-c5ccc(C(C=C)CC=C)c(C6=CCCC7=C6OC6C=CC=CC76)c5)n4)c3SC21. The normalized spacial score (nSPS) is 23.1. The van der Waals surface area contributed by atoms with Gasteiger partial charge in [0.1, 0.15) is 11.9 Å². The van der Waals surface area contributed by atoms with Gasteiger partial charge in [-0.2, -0.15) is 0 Å². The molecule has 5 heteroatoms. The summed E-state index contributed by atoms with van der Waals surface area (Å²) in [6.45, 7) is 16.8. The zero-order valence-corrected chi connectivity index (χ0v) is 33.8. The number of nitrogens with zero attached hydrogens (tertiary/aromatic N) is 3. The lowest BCUT2D eigenvalue weighted by atomic mass is 9.81. The largest absolute Gasteiger partial charge is 0.485 e. The van der Waals surface area contributed by atoms with E-state index in [9.17, 15) is 0 Å². The summed E-state index contributed by atoms with van der Waals surface area (Å²) in [6, 6.07) is 13.3. The predicted molar refractivity (Wildman–Crippen MR) is 244 cm³/mol. The van der Waals surface area contributed by atoms with Crippen LogP contribution in [-0.2, 0) is 4.74 Å². The van der Waals surface area contributed by atoms with Crippen LogP contribution in [0.1, 0.15) is 73.4 Å². The maximum Gasteiger partial charge on any atom is 0.165 e. The van der Waals surface area contributed by atoms with Crippen molar-refractivity contribution in [1.82, 2.24) is 15.0 Å². The highest BCUT2D eigenvalue weighted by Gasteiger charge is 2.39. The Balaban J connectivity index is 1.17. The molecule has 58 heavy (non-hydrogen) atoms. The Morgan fingerprint density at radius 1 is 0.879 bits per heavy atom. The van der Waals surface area contributed by atoms with E-state index in [1.165, 1.54) is 32.7 Å². The van der Waals surface area contributed by atoms with Crippen molar-refractivity contribution in [3.05, 3.63) is 199 Å². The lowest BCUT2D eigenvalue weighted by molar-refractivity contribution is 0.176. The Hall–Kier alpha value is -5.78. The quantitative estimate of drug-likeness (QED) is 0.135. The van der Waals surface area contributed by atoms with E-state index in [1.807, 2.05) is 36.1 Å². The van der Waals surface area contributed by atoms with E-state index in [1.54, 1.807) is 0 Å². The predicted octanol–water partition coefficient (Wildman–Crippen LogP) is 13.5. The summed E-state index contributed by atoms with van der Waals surface area (Å²) >= 11 is 1.93. The number of fused-ring (bicyclic) bond motifs is 5. The molecule has 9 rings (SSSR count). The van der Waals surface area contributed by atoms with Crippen molar-refractivity contribution in [2.75, 3.05) is 0 Å². The van der Waals surface area contributed by atoms with Crippen molar-refractivity contribution in [1.29, 1.82) is 0 Å². The van der Waals surface area contributed by atoms with E-state index in [0.717, 1.165) is 84.4 Å². The van der Waals surface area contributed by atoms with E-state index in [2.05, 4.69) is 136 Å². The molecule has 5 atom stereocenters. The highest BCUT2D eigenvalue weighted by Crippen LogP contribution is 2.54. The molecule has 4 aliphatic carbocycles. The van der Waals surface area contributed by atoms with Crippen LogP contribution >= 0.6 is 11.8 Å². The van der Waals surface area contributed by atoms with Gasteiger partial charge in [0.2, 0.25) is 0 Å². The van der Waals surface area contributed by atoms with E-state index < -0.39 is 0 Å². The molecule has 0 saturated carbocycles. The molecular formula is C53H49N3OS. The van der Waals surface area contributed by atoms with Gasteiger partial charge in [-0.1, -0.05) is 140 Å². The molecule has 6 aliphatic rings. The third kappa shape index (κ3) is 7.07. The molecule has 2 aromatic carbocycles. The second-order valence-electron chi connectivity index (χ2n) is 15.7. The van der Waals surface area contributed by atoms with Crippen molar-refractivity contribution in [3.8, 4) is 22.8 Å². The average molecular weight is 776 g/mol. The number of aromatic nitrogens is 3. The second kappa shape index (κ2) is 16.6. The van der Waals surface area contributed by atoms with Crippen LogP contribution in [0.4, 0.5) is 0 Å². The Kier molecular flexibility index (Phi) is 10.8. The summed E-state index contributed by atoms with van der Waals surface area (Å²) in [5.74, 6) is 3.78. The summed E-state index contributed by atoms with van der Waals surface area (Å²) in [6.07, 6.45) is 40.8. The molecule has 0 radical (unpaired) electrons. The fourth-order valence-corrected chi connectivity index (χ4v) is 10.8. The van der Waals surface area contributed by atoms with Gasteiger partial charge in [0.05, 0.1) is 0 Å². The molecule has 0 amide bonds. The minimum atomic E-state index is 0.0332. The van der Waals surface area contributed by atoms with Crippen molar-refractivity contribution >= 4 is 28.5 Å². The van der Waals surface area contributed by atoms with Crippen molar-refractivity contribution in [2.24, 2.45) is 11.8 Å². The van der Waals surface area contributed by atoms with Crippen LogP contribution in [0.3, 0.4) is 0 Å². The lowest BCUT2D eigenvalue weighted by Gasteiger charge is -2.24. The molecule has 5 unspecified atom stereocenters. The Morgan fingerprint density at radius 2 is 1.72 bits per heavy atom. The number of hydrogen-bond acceptors (Lipinski definition) is 5. The number of allylic oxidation sites excluding steroid dienone is 17. The van der Waals surface area contributed by atoms with Gasteiger partial charge in [-0.3, -0.25) is 0 Å². The number of benzene rings is 2. The first-order valence-electron chi connectivity index (χ1n) is 20.6. The Labute approximate surface area is 347 Å². The van der Waals surface area contributed by atoms with Crippen LogP contribution in [0.5, 0.6) is 0 Å². The summed E-state index contributed by atoms with van der Waals surface area (Å²) in [5.41, 5.74) is 11.8. The number of thioether (sulfide) groups is 1. The maximum absolute atomic E-state index is 6.77. The standard InChI is InChI=1S/C53H49N3OS/c1-5-8-10-20-34(4)38-23-13-14-25-43-44-28-18-29-45(50(44)58-49(38)43)53-55-51(36-21-11-9-12-22-36)54-52(56-53)37-31-32-39(35(7-3)19-6-2)46(33-37)42-27-17-26-41-40-24-15-16-30-47(40)57-48(41)42/h5-11,13-16,18,21,24-25,27-33,35,38,40,47,49H,1-4,12,17,19-20,22-23,26H2/b10-8+. The molecule has 0 saturated heterocycles. The van der Waals surface area contributed by atoms with Gasteiger partial charge in [-0.05, 0) is 96.4 Å². The number of ether oxygens (including phenoxy) is 1. The molecule has 2 aliphatic heterocycles. The molecule has 0 N–H and O–H groups in total. The number of hydrogen-bond donors (Lipinski definition) is 0. The summed E-state index contributed by atoms with van der Waals surface area (Å²) in [5, 5.41) is 0.252. The van der Waals surface area contributed by atoms with Gasteiger partial charge in [0.25, 0.3) is 0 Å². The first kappa shape index (κ1) is 37.8. The van der Waals surface area contributed by atoms with Gasteiger partial charge >= 0.3 is 0 Å². The van der Waals surface area contributed by atoms with Gasteiger partial charge in [0, 0.05) is 38.7 Å². The maximum atomic E-state index is 6.77. The third-order valence-electron chi connectivity index (χ3n) is 12.1. The van der Waals surface area contributed by atoms with Crippen LogP contribution in [0.15, 0.2) is 182 Å². The number of rotatable bonds is 12. The fourth-order valence-electron chi connectivity index (χ4n) is 9.19. The first-order valence-corrected chi connectivity index (χ1v) is 21.5. The van der Waals surface area contributed by atoms with Gasteiger partial charge in [-0.15, -0.1) is 24.9 Å². The molecule has 1 aromatic heterocycles. The highest BCUT2D eigenvalue weighted by atomic mass is 32.2. The van der Waals surface area contributed by atoms with E-state index in [4.69, 9.17) is 19.7 Å². The van der Waals surface area contributed by atoms with Crippen molar-refractivity contribution in [3.63, 3.8) is 0 Å². The van der Waals surface area contributed by atoms with Gasteiger partial charge < -0.3 is 4.74 Å². The zero-order valence-electron chi connectivity index (χ0n) is 33.0. The monoisotopic (exact) mass is 775 g/mol. The van der Waals surface area contributed by atoms with Crippen LogP contribution in [0.25, 0.3) is 39.5 Å². The first-order chi connectivity index (χ1) is 28.6. The Morgan fingerprint density at radius 3 is 2.57 bits per heavy atom. The van der Waals surface area contributed by atoms with Crippen molar-refractivity contribution < 1.29 is 4.74 Å². The molecule has 0 spiro atoms. The van der Waals surface area contributed by atoms with Gasteiger partial charge in [0.15, 0.2) is 17.5 Å². The third-order valence-corrected chi connectivity index (χ3v) is 13.7. The van der Waals surface area contributed by atoms with Crippen LogP contribution in [0, 0.1) is 11.8 Å². The smallest absolute Gasteiger partial charge is 0.165 e. The summed E-state index contributed by atoms with van der Waals surface area (Å²) in [4.78, 5) is 17.1. The lowest BCUT2D eigenvalue weighted by Crippen LogP contribution is -2.16. The molecule has 3 heterocycles. The molecule has 0 fully saturated rings. The van der Waals surface area contributed by atoms with E-state index >= 15 is 0 Å². The molecule has 0 bridgehead atoms. The fraction of sp³-hybridized carbons (Fsp3) is 0.226. The van der Waals surface area contributed by atoms with Crippen LogP contribution < -0.4 is 0 Å². The molecule has 4 nitrogen and oxygen atoms in total. The average Bonchev–Trinajstić information content (AvgIpc) is 3.76. The van der Waals surface area contributed by atoms with Gasteiger partial charge in [-0.25, -0.2) is 15.0 Å². The minimum absolute atomic E-state index is 0.0332. The molecule has 288 valence electrons. The van der Waals surface area contributed by atoms with Crippen LogP contribution in [0.2, 0.25) is 0 Å².